The van der Waals surface area contributed by atoms with Gasteiger partial charge in [0.05, 0.1) is 0 Å². The van der Waals surface area contributed by atoms with Gasteiger partial charge in [0.15, 0.2) is 0 Å². The van der Waals surface area contributed by atoms with E-state index in [1.807, 2.05) is 0 Å². The number of rotatable bonds is 10. The molecule has 1 saturated carbocycles. The van der Waals surface area contributed by atoms with E-state index in [-0.39, 0.29) is 0 Å². The molecule has 1 heteroatoms. The van der Waals surface area contributed by atoms with E-state index in [1.54, 1.807) is 0 Å². The molecular weight excluding hydrogens is 194 g/mol. The number of hydrogen-bond donors (Lipinski definition) is 1. The Bertz CT molecular complexity index is 157. The summed E-state index contributed by atoms with van der Waals surface area (Å²) in [4.78, 5) is 0. The summed E-state index contributed by atoms with van der Waals surface area (Å²) in [6.45, 7) is 6.96. The van der Waals surface area contributed by atoms with E-state index in [0.29, 0.717) is 0 Å². The first-order chi connectivity index (χ1) is 7.77. The van der Waals surface area contributed by atoms with Gasteiger partial charge in [-0.25, -0.2) is 0 Å². The molecular formula is C15H31N. The van der Waals surface area contributed by atoms with Crippen LogP contribution in [0.4, 0.5) is 0 Å². The summed E-state index contributed by atoms with van der Waals surface area (Å²) < 4.78 is 0. The van der Waals surface area contributed by atoms with Crippen molar-refractivity contribution in [2.75, 3.05) is 0 Å². The SMILES string of the molecule is CCCCCC(CCCCC)NC1CC1C. The largest absolute Gasteiger partial charge is 0.311 e. The number of unbranched alkanes of at least 4 members (excludes halogenated alkanes) is 4. The molecule has 96 valence electrons. The van der Waals surface area contributed by atoms with Crippen molar-refractivity contribution in [3.63, 3.8) is 0 Å². The van der Waals surface area contributed by atoms with Gasteiger partial charge in [0.2, 0.25) is 0 Å². The van der Waals surface area contributed by atoms with Crippen LogP contribution in [0.25, 0.3) is 0 Å². The molecule has 2 atom stereocenters. The second-order valence-electron chi connectivity index (χ2n) is 5.67. The molecule has 0 aliphatic heterocycles. The highest BCUT2D eigenvalue weighted by atomic mass is 15.0. The zero-order chi connectivity index (χ0) is 11.8. The highest BCUT2D eigenvalue weighted by molar-refractivity contribution is 4.91. The molecule has 0 aromatic rings. The predicted octanol–water partition coefficient (Wildman–Crippen LogP) is 4.51. The van der Waals surface area contributed by atoms with E-state index >= 15 is 0 Å². The minimum absolute atomic E-state index is 0.813. The zero-order valence-corrected chi connectivity index (χ0v) is 11.6. The van der Waals surface area contributed by atoms with Crippen LogP contribution in [0, 0.1) is 5.92 Å². The van der Waals surface area contributed by atoms with Crippen LogP contribution in [0.1, 0.15) is 78.6 Å². The highest BCUT2D eigenvalue weighted by Crippen LogP contribution is 2.30. The fourth-order valence-electron chi connectivity index (χ4n) is 2.45. The van der Waals surface area contributed by atoms with Crippen molar-refractivity contribution in [3.05, 3.63) is 0 Å². The van der Waals surface area contributed by atoms with Crippen LogP contribution in [0.15, 0.2) is 0 Å². The van der Waals surface area contributed by atoms with Crippen LogP contribution >= 0.6 is 0 Å². The van der Waals surface area contributed by atoms with Crippen molar-refractivity contribution in [1.82, 2.24) is 5.32 Å². The lowest BCUT2D eigenvalue weighted by atomic mass is 10.0. The predicted molar refractivity (Wildman–Crippen MR) is 72.8 cm³/mol. The third-order valence-electron chi connectivity index (χ3n) is 3.87. The first-order valence-electron chi connectivity index (χ1n) is 7.54. The molecule has 0 spiro atoms. The number of hydrogen-bond acceptors (Lipinski definition) is 1. The molecule has 2 unspecified atom stereocenters. The molecule has 0 amide bonds. The molecule has 0 heterocycles. The van der Waals surface area contributed by atoms with Crippen LogP contribution < -0.4 is 5.32 Å². The Hall–Kier alpha value is -0.0400. The summed E-state index contributed by atoms with van der Waals surface area (Å²) in [5.74, 6) is 0.944. The van der Waals surface area contributed by atoms with Crippen molar-refractivity contribution in [2.45, 2.75) is 90.6 Å². The quantitative estimate of drug-likeness (QED) is 0.539. The van der Waals surface area contributed by atoms with E-state index < -0.39 is 0 Å². The summed E-state index contributed by atoms with van der Waals surface area (Å²) in [6.07, 6.45) is 12.6. The summed E-state index contributed by atoms with van der Waals surface area (Å²) in [5, 5.41) is 3.86. The van der Waals surface area contributed by atoms with Crippen molar-refractivity contribution in [1.29, 1.82) is 0 Å². The first-order valence-corrected chi connectivity index (χ1v) is 7.54. The van der Waals surface area contributed by atoms with E-state index in [1.165, 1.54) is 57.8 Å². The summed E-state index contributed by atoms with van der Waals surface area (Å²) in [5.41, 5.74) is 0. The maximum atomic E-state index is 3.86. The third-order valence-corrected chi connectivity index (χ3v) is 3.87. The van der Waals surface area contributed by atoms with Gasteiger partial charge < -0.3 is 5.32 Å². The van der Waals surface area contributed by atoms with Crippen molar-refractivity contribution in [3.8, 4) is 0 Å². The molecule has 0 radical (unpaired) electrons. The van der Waals surface area contributed by atoms with E-state index in [4.69, 9.17) is 0 Å². The third kappa shape index (κ3) is 5.89. The molecule has 1 rings (SSSR count). The van der Waals surface area contributed by atoms with Crippen LogP contribution in [-0.4, -0.2) is 12.1 Å². The Morgan fingerprint density at radius 3 is 1.88 bits per heavy atom. The van der Waals surface area contributed by atoms with Gasteiger partial charge in [0, 0.05) is 12.1 Å². The molecule has 1 fully saturated rings. The van der Waals surface area contributed by atoms with Crippen molar-refractivity contribution < 1.29 is 0 Å². The average Bonchev–Trinajstić information content (AvgIpc) is 2.95. The lowest BCUT2D eigenvalue weighted by Crippen LogP contribution is -2.31. The lowest BCUT2D eigenvalue weighted by Gasteiger charge is -2.18. The summed E-state index contributed by atoms with van der Waals surface area (Å²) in [6, 6.07) is 1.67. The Morgan fingerprint density at radius 1 is 1.00 bits per heavy atom. The van der Waals surface area contributed by atoms with Gasteiger partial charge in [-0.2, -0.15) is 0 Å². The van der Waals surface area contributed by atoms with Gasteiger partial charge in [-0.15, -0.1) is 0 Å². The van der Waals surface area contributed by atoms with E-state index in [9.17, 15) is 0 Å². The monoisotopic (exact) mass is 225 g/mol. The van der Waals surface area contributed by atoms with Crippen LogP contribution in [0.3, 0.4) is 0 Å². The first kappa shape index (κ1) is 14.0. The van der Waals surface area contributed by atoms with Gasteiger partial charge in [-0.05, 0) is 25.2 Å². The molecule has 1 N–H and O–H groups in total. The minimum Gasteiger partial charge on any atom is -0.311 e. The Kier molecular flexibility index (Phi) is 7.11. The molecule has 0 saturated heterocycles. The van der Waals surface area contributed by atoms with E-state index in [0.717, 1.165) is 18.0 Å². The second kappa shape index (κ2) is 8.11. The zero-order valence-electron chi connectivity index (χ0n) is 11.6. The highest BCUT2D eigenvalue weighted by Gasteiger charge is 2.33. The molecule has 0 aromatic carbocycles. The maximum Gasteiger partial charge on any atom is 0.00989 e. The molecule has 0 aromatic heterocycles. The van der Waals surface area contributed by atoms with Crippen molar-refractivity contribution >= 4 is 0 Å². The van der Waals surface area contributed by atoms with Gasteiger partial charge in [0.1, 0.15) is 0 Å². The fraction of sp³-hybridized carbons (Fsp3) is 1.00. The molecule has 0 bridgehead atoms. The second-order valence-corrected chi connectivity index (χ2v) is 5.67. The van der Waals surface area contributed by atoms with Gasteiger partial charge in [0.25, 0.3) is 0 Å². The standard InChI is InChI=1S/C15H31N/c1-4-6-8-10-14(11-9-7-5-2)16-15-12-13(15)3/h13-16H,4-12H2,1-3H3. The normalized spacial score (nSPS) is 24.0. The Morgan fingerprint density at radius 2 is 1.50 bits per heavy atom. The summed E-state index contributed by atoms with van der Waals surface area (Å²) in [7, 11) is 0. The van der Waals surface area contributed by atoms with Gasteiger partial charge >= 0.3 is 0 Å². The van der Waals surface area contributed by atoms with E-state index in [2.05, 4.69) is 26.1 Å². The smallest absolute Gasteiger partial charge is 0.00989 e. The molecule has 1 nitrogen and oxygen atoms in total. The van der Waals surface area contributed by atoms with Crippen molar-refractivity contribution in [2.24, 2.45) is 5.92 Å². The van der Waals surface area contributed by atoms with Crippen LogP contribution in [-0.2, 0) is 0 Å². The average molecular weight is 225 g/mol. The number of nitrogens with one attached hydrogen (secondary N) is 1. The van der Waals surface area contributed by atoms with Gasteiger partial charge in [-0.3, -0.25) is 0 Å². The van der Waals surface area contributed by atoms with Crippen LogP contribution in [0.5, 0.6) is 0 Å². The topological polar surface area (TPSA) is 12.0 Å². The van der Waals surface area contributed by atoms with Gasteiger partial charge in [-0.1, -0.05) is 59.3 Å². The molecule has 1 aliphatic carbocycles. The Labute approximate surface area is 102 Å². The van der Waals surface area contributed by atoms with Crippen LogP contribution in [0.2, 0.25) is 0 Å². The summed E-state index contributed by atoms with van der Waals surface area (Å²) >= 11 is 0. The minimum atomic E-state index is 0.813. The maximum absolute atomic E-state index is 3.86. The fourth-order valence-corrected chi connectivity index (χ4v) is 2.45. The lowest BCUT2D eigenvalue weighted by molar-refractivity contribution is 0.410. The molecule has 1 aliphatic rings. The Balaban J connectivity index is 2.12. The molecule has 16 heavy (non-hydrogen) atoms.